The highest BCUT2D eigenvalue weighted by atomic mass is 16.4. The molecule has 0 unspecified atom stereocenters. The monoisotopic (exact) mass is 280 g/mol. The van der Waals surface area contributed by atoms with Crippen LogP contribution in [0, 0.1) is 11.3 Å². The summed E-state index contributed by atoms with van der Waals surface area (Å²) in [6.07, 6.45) is 0. The first kappa shape index (κ1) is 13.2. The molecular weight excluding hydrogens is 268 g/mol. The van der Waals surface area contributed by atoms with E-state index in [4.69, 9.17) is 14.8 Å². The molecule has 0 aliphatic heterocycles. The first-order valence-electron chi connectivity index (χ1n) is 6.43. The molecule has 3 rings (SSSR count). The summed E-state index contributed by atoms with van der Waals surface area (Å²) in [6.45, 7) is 0.231. The minimum absolute atomic E-state index is 0.102. The maximum Gasteiger partial charge on any atom is 0.420 e. The van der Waals surface area contributed by atoms with Crippen molar-refractivity contribution in [2.75, 3.05) is 0 Å². The van der Waals surface area contributed by atoms with Crippen LogP contribution in [0.15, 0.2) is 51.7 Å². The van der Waals surface area contributed by atoms with Gasteiger partial charge in [-0.2, -0.15) is 5.26 Å². The molecule has 5 heteroatoms. The van der Waals surface area contributed by atoms with Gasteiger partial charge in [0.15, 0.2) is 5.58 Å². The Bertz CT molecular complexity index is 900. The van der Waals surface area contributed by atoms with Crippen molar-refractivity contribution in [3.63, 3.8) is 0 Å². The molecule has 0 radical (unpaired) electrons. The maximum atomic E-state index is 12.0. The molecule has 2 aromatic carbocycles. The van der Waals surface area contributed by atoms with Crippen LogP contribution >= 0.6 is 0 Å². The van der Waals surface area contributed by atoms with Crippen molar-refractivity contribution < 1.29 is 9.52 Å². The summed E-state index contributed by atoms with van der Waals surface area (Å²) in [5, 5.41) is 18.0. The number of fused-ring (bicyclic) bond motifs is 1. The molecule has 0 bridgehead atoms. The normalized spacial score (nSPS) is 10.7. The van der Waals surface area contributed by atoms with Gasteiger partial charge in [-0.15, -0.1) is 0 Å². The molecular formula is C16H12N2O3. The summed E-state index contributed by atoms with van der Waals surface area (Å²) in [5.74, 6) is -0.456. The van der Waals surface area contributed by atoms with Crippen LogP contribution in [-0.2, 0) is 13.2 Å². The summed E-state index contributed by atoms with van der Waals surface area (Å²) < 4.78 is 6.71. The lowest BCUT2D eigenvalue weighted by Gasteiger charge is -2.03. The molecule has 1 heterocycles. The minimum atomic E-state index is -0.456. The van der Waals surface area contributed by atoms with Crippen molar-refractivity contribution in [1.29, 1.82) is 5.26 Å². The molecule has 0 aliphatic rings. The van der Waals surface area contributed by atoms with Crippen LogP contribution in [0.3, 0.4) is 0 Å². The predicted octanol–water partition coefficient (Wildman–Crippen LogP) is 2.01. The van der Waals surface area contributed by atoms with E-state index >= 15 is 0 Å². The lowest BCUT2D eigenvalue weighted by molar-refractivity contribution is 0.282. The number of benzene rings is 2. The van der Waals surface area contributed by atoms with Gasteiger partial charge in [-0.25, -0.2) is 4.79 Å². The number of nitrogens with zero attached hydrogens (tertiary/aromatic N) is 2. The summed E-state index contributed by atoms with van der Waals surface area (Å²) in [5.41, 5.74) is 3.21. The third-order valence-corrected chi connectivity index (χ3v) is 3.31. The smallest absolute Gasteiger partial charge is 0.408 e. The highest BCUT2D eigenvalue weighted by Gasteiger charge is 2.10. The zero-order valence-corrected chi connectivity index (χ0v) is 11.1. The molecule has 0 atom stereocenters. The quantitative estimate of drug-likeness (QED) is 0.796. The Labute approximate surface area is 120 Å². The molecule has 0 fully saturated rings. The molecule has 1 N–H and O–H groups in total. The van der Waals surface area contributed by atoms with Crippen molar-refractivity contribution in [2.24, 2.45) is 0 Å². The Morgan fingerprint density at radius 1 is 1.19 bits per heavy atom. The van der Waals surface area contributed by atoms with Crippen molar-refractivity contribution in [3.05, 3.63) is 69.7 Å². The first-order chi connectivity index (χ1) is 10.2. The van der Waals surface area contributed by atoms with Crippen molar-refractivity contribution in [1.82, 2.24) is 4.57 Å². The molecule has 0 saturated carbocycles. The number of oxazole rings is 1. The van der Waals surface area contributed by atoms with E-state index < -0.39 is 5.76 Å². The van der Waals surface area contributed by atoms with E-state index in [0.29, 0.717) is 28.8 Å². The molecule has 1 aromatic heterocycles. The van der Waals surface area contributed by atoms with Gasteiger partial charge in [0.25, 0.3) is 0 Å². The lowest BCUT2D eigenvalue weighted by atomic mass is 10.1. The number of hydrogen-bond donors (Lipinski definition) is 1. The molecule has 5 nitrogen and oxygen atoms in total. The fourth-order valence-corrected chi connectivity index (χ4v) is 2.28. The number of aliphatic hydroxyl groups excluding tert-OH is 1. The highest BCUT2D eigenvalue weighted by Crippen LogP contribution is 2.17. The Hall–Kier alpha value is -2.84. The van der Waals surface area contributed by atoms with Crippen LogP contribution in [0.1, 0.15) is 16.7 Å². The van der Waals surface area contributed by atoms with Gasteiger partial charge < -0.3 is 9.52 Å². The zero-order chi connectivity index (χ0) is 14.8. The second-order valence-corrected chi connectivity index (χ2v) is 4.73. The zero-order valence-electron chi connectivity index (χ0n) is 11.1. The van der Waals surface area contributed by atoms with E-state index in [1.807, 2.05) is 6.07 Å². The van der Waals surface area contributed by atoms with Crippen LogP contribution < -0.4 is 5.76 Å². The summed E-state index contributed by atoms with van der Waals surface area (Å²) >= 11 is 0. The summed E-state index contributed by atoms with van der Waals surface area (Å²) in [4.78, 5) is 12.0. The van der Waals surface area contributed by atoms with E-state index in [2.05, 4.69) is 6.07 Å². The summed E-state index contributed by atoms with van der Waals surface area (Å²) in [7, 11) is 0. The molecule has 104 valence electrons. The van der Waals surface area contributed by atoms with Crippen LogP contribution in [0.5, 0.6) is 0 Å². The maximum absolute atomic E-state index is 12.0. The predicted molar refractivity (Wildman–Crippen MR) is 76.7 cm³/mol. The van der Waals surface area contributed by atoms with Gasteiger partial charge in [0.2, 0.25) is 0 Å². The molecule has 0 amide bonds. The lowest BCUT2D eigenvalue weighted by Crippen LogP contribution is -2.14. The number of rotatable bonds is 3. The summed E-state index contributed by atoms with van der Waals surface area (Å²) in [6, 6.07) is 14.3. The van der Waals surface area contributed by atoms with Gasteiger partial charge in [-0.1, -0.05) is 18.2 Å². The fraction of sp³-hybridized carbons (Fsp3) is 0.125. The van der Waals surface area contributed by atoms with Crippen LogP contribution in [0.4, 0.5) is 0 Å². The van der Waals surface area contributed by atoms with Crippen molar-refractivity contribution in [2.45, 2.75) is 13.2 Å². The Balaban J connectivity index is 2.06. The van der Waals surface area contributed by atoms with E-state index in [-0.39, 0.29) is 6.61 Å². The van der Waals surface area contributed by atoms with Gasteiger partial charge >= 0.3 is 5.76 Å². The third-order valence-electron chi connectivity index (χ3n) is 3.31. The Morgan fingerprint density at radius 2 is 2.05 bits per heavy atom. The molecule has 0 saturated heterocycles. The highest BCUT2D eigenvalue weighted by molar-refractivity contribution is 5.73. The largest absolute Gasteiger partial charge is 0.420 e. The number of nitriles is 1. The van der Waals surface area contributed by atoms with E-state index in [1.54, 1.807) is 36.4 Å². The van der Waals surface area contributed by atoms with Crippen LogP contribution in [0.25, 0.3) is 11.1 Å². The number of aromatic nitrogens is 1. The second kappa shape index (κ2) is 5.27. The Kier molecular flexibility index (Phi) is 3.30. The average molecular weight is 280 g/mol. The van der Waals surface area contributed by atoms with Gasteiger partial charge in [-0.3, -0.25) is 4.57 Å². The molecule has 3 aromatic rings. The number of hydrogen-bond acceptors (Lipinski definition) is 4. The van der Waals surface area contributed by atoms with E-state index in [9.17, 15) is 4.79 Å². The first-order valence-corrected chi connectivity index (χ1v) is 6.43. The minimum Gasteiger partial charge on any atom is -0.408 e. The standard InChI is InChI=1S/C16H12N2O3/c17-8-11-2-1-3-12(6-11)9-18-14-5-4-13(10-19)7-15(14)21-16(18)20/h1-7,19H,9-10H2. The van der Waals surface area contributed by atoms with Crippen molar-refractivity contribution >= 4 is 11.1 Å². The molecule has 0 aliphatic carbocycles. The van der Waals surface area contributed by atoms with Gasteiger partial charge in [-0.05, 0) is 35.4 Å². The van der Waals surface area contributed by atoms with Gasteiger partial charge in [0.1, 0.15) is 0 Å². The topological polar surface area (TPSA) is 79.2 Å². The Morgan fingerprint density at radius 3 is 2.81 bits per heavy atom. The second-order valence-electron chi connectivity index (χ2n) is 4.73. The van der Waals surface area contributed by atoms with E-state index in [0.717, 1.165) is 5.56 Å². The van der Waals surface area contributed by atoms with Crippen molar-refractivity contribution in [3.8, 4) is 6.07 Å². The van der Waals surface area contributed by atoms with Crippen LogP contribution in [0.2, 0.25) is 0 Å². The fourth-order valence-electron chi connectivity index (χ4n) is 2.28. The molecule has 0 spiro atoms. The van der Waals surface area contributed by atoms with Gasteiger partial charge in [0.05, 0.1) is 30.3 Å². The molecule has 21 heavy (non-hydrogen) atoms. The average Bonchev–Trinajstić information content (AvgIpc) is 2.82. The van der Waals surface area contributed by atoms with Crippen LogP contribution in [-0.4, -0.2) is 9.67 Å². The SMILES string of the molecule is N#Cc1cccc(Cn2c(=O)oc3cc(CO)ccc32)c1. The third kappa shape index (κ3) is 2.45. The van der Waals surface area contributed by atoms with Gasteiger partial charge in [0, 0.05) is 0 Å². The number of aliphatic hydroxyl groups is 1. The van der Waals surface area contributed by atoms with E-state index in [1.165, 1.54) is 4.57 Å².